The van der Waals surface area contributed by atoms with Gasteiger partial charge in [0.15, 0.2) is 0 Å². The van der Waals surface area contributed by atoms with Gasteiger partial charge in [0.25, 0.3) is 5.69 Å². The highest BCUT2D eigenvalue weighted by molar-refractivity contribution is 7.80. The summed E-state index contributed by atoms with van der Waals surface area (Å²) in [5.74, 6) is -1.84. The molecule has 0 radical (unpaired) electrons. The maximum atomic E-state index is 12.3. The summed E-state index contributed by atoms with van der Waals surface area (Å²) < 4.78 is 0. The van der Waals surface area contributed by atoms with E-state index in [9.17, 15) is 19.7 Å². The zero-order valence-electron chi connectivity index (χ0n) is 15.1. The first-order valence-corrected chi connectivity index (χ1v) is 9.26. The predicted octanol–water partition coefficient (Wildman–Crippen LogP) is 2.02. The van der Waals surface area contributed by atoms with Crippen molar-refractivity contribution in [1.29, 1.82) is 0 Å². The zero-order valence-corrected chi connectivity index (χ0v) is 16.0. The molecule has 4 N–H and O–H groups in total. The lowest BCUT2D eigenvalue weighted by molar-refractivity contribution is -0.384. The molecule has 0 saturated carbocycles. The second-order valence-corrected chi connectivity index (χ2v) is 7.07. The molecule has 0 aliphatic carbocycles. The summed E-state index contributed by atoms with van der Waals surface area (Å²) >= 11 is 4.04. The lowest BCUT2D eigenvalue weighted by Crippen LogP contribution is -2.57. The number of anilines is 1. The minimum absolute atomic E-state index is 0.0846. The van der Waals surface area contributed by atoms with Gasteiger partial charge >= 0.3 is 0 Å². The SMILES string of the molecule is CCc1ccc(N)c(-c2cc([N+](=O)[O-])ccc2CC2C(=O)NC(S)NC2=O)c1. The summed E-state index contributed by atoms with van der Waals surface area (Å²) in [6.07, 6.45) is 0.857. The van der Waals surface area contributed by atoms with E-state index in [4.69, 9.17) is 5.73 Å². The third-order valence-corrected chi connectivity index (χ3v) is 4.99. The van der Waals surface area contributed by atoms with E-state index in [0.717, 1.165) is 12.0 Å². The number of benzene rings is 2. The van der Waals surface area contributed by atoms with Crippen molar-refractivity contribution in [2.24, 2.45) is 5.92 Å². The Labute approximate surface area is 167 Å². The summed E-state index contributed by atoms with van der Waals surface area (Å²) in [7, 11) is 0. The summed E-state index contributed by atoms with van der Waals surface area (Å²) in [6.45, 7) is 1.99. The Morgan fingerprint density at radius 2 is 1.79 bits per heavy atom. The molecule has 1 fully saturated rings. The van der Waals surface area contributed by atoms with Crippen molar-refractivity contribution in [2.45, 2.75) is 25.3 Å². The highest BCUT2D eigenvalue weighted by Crippen LogP contribution is 2.34. The number of nitrogen functional groups attached to an aromatic ring is 1. The van der Waals surface area contributed by atoms with Crippen LogP contribution in [0.4, 0.5) is 11.4 Å². The Morgan fingerprint density at radius 3 is 2.39 bits per heavy atom. The summed E-state index contributed by atoms with van der Waals surface area (Å²) in [5, 5.41) is 16.4. The predicted molar refractivity (Wildman–Crippen MR) is 109 cm³/mol. The van der Waals surface area contributed by atoms with Gasteiger partial charge in [0.2, 0.25) is 11.8 Å². The maximum Gasteiger partial charge on any atom is 0.270 e. The smallest absolute Gasteiger partial charge is 0.270 e. The number of carbonyl (C=O) groups excluding carboxylic acids is 2. The molecule has 9 heteroatoms. The normalized spacial score (nSPS) is 19.1. The van der Waals surface area contributed by atoms with Crippen molar-refractivity contribution in [2.75, 3.05) is 5.73 Å². The molecule has 0 unspecified atom stereocenters. The molecule has 0 bridgehead atoms. The standard InChI is InChI=1S/C19H20N4O4S/c1-2-10-3-6-16(20)14(7-10)13-9-12(23(26)27)5-4-11(13)8-15-17(24)21-19(28)22-18(15)25/h3-7,9,15,19,28H,2,8,20H2,1H3,(H,21,24)(H,22,25). The van der Waals surface area contributed by atoms with E-state index in [2.05, 4.69) is 23.3 Å². The lowest BCUT2D eigenvalue weighted by Gasteiger charge is -2.27. The Kier molecular flexibility index (Phi) is 5.55. The molecule has 2 amide bonds. The number of amides is 2. The second-order valence-electron chi connectivity index (χ2n) is 6.55. The van der Waals surface area contributed by atoms with Crippen molar-refractivity contribution >= 4 is 35.8 Å². The van der Waals surface area contributed by atoms with Crippen LogP contribution >= 0.6 is 12.6 Å². The van der Waals surface area contributed by atoms with Crippen LogP contribution in [0.3, 0.4) is 0 Å². The first kappa shape index (κ1) is 19.7. The molecule has 1 heterocycles. The number of thiol groups is 1. The van der Waals surface area contributed by atoms with Crippen molar-refractivity contribution in [3.05, 3.63) is 57.6 Å². The molecular weight excluding hydrogens is 380 g/mol. The van der Waals surface area contributed by atoms with Crippen LogP contribution in [0, 0.1) is 16.0 Å². The summed E-state index contributed by atoms with van der Waals surface area (Å²) in [4.78, 5) is 35.3. The third kappa shape index (κ3) is 3.94. The number of nitrogens with two attached hydrogens (primary N) is 1. The first-order chi connectivity index (χ1) is 13.3. The van der Waals surface area contributed by atoms with Gasteiger partial charge in [-0.2, -0.15) is 0 Å². The minimum Gasteiger partial charge on any atom is -0.398 e. The van der Waals surface area contributed by atoms with Crippen LogP contribution in [0.15, 0.2) is 36.4 Å². The Balaban J connectivity index is 2.08. The quantitative estimate of drug-likeness (QED) is 0.201. The molecule has 0 aromatic heterocycles. The van der Waals surface area contributed by atoms with E-state index >= 15 is 0 Å². The first-order valence-electron chi connectivity index (χ1n) is 8.75. The fourth-order valence-corrected chi connectivity index (χ4v) is 3.45. The van der Waals surface area contributed by atoms with Crippen LogP contribution in [0.25, 0.3) is 11.1 Å². The largest absolute Gasteiger partial charge is 0.398 e. The van der Waals surface area contributed by atoms with Gasteiger partial charge in [-0.3, -0.25) is 19.7 Å². The number of hydrogen-bond donors (Lipinski definition) is 4. The summed E-state index contributed by atoms with van der Waals surface area (Å²) in [5.41, 5.74) is 8.60. The Morgan fingerprint density at radius 1 is 1.11 bits per heavy atom. The molecular formula is C19H20N4O4S. The van der Waals surface area contributed by atoms with E-state index in [1.165, 1.54) is 12.1 Å². The van der Waals surface area contributed by atoms with Gasteiger partial charge in [-0.1, -0.05) is 19.1 Å². The molecule has 3 rings (SSSR count). The van der Waals surface area contributed by atoms with E-state index < -0.39 is 28.2 Å². The fourth-order valence-electron chi connectivity index (χ4n) is 3.19. The number of hydrogen-bond acceptors (Lipinski definition) is 6. The number of carbonyl (C=O) groups is 2. The van der Waals surface area contributed by atoms with E-state index in [1.807, 2.05) is 19.1 Å². The Bertz CT molecular complexity index is 945. The molecule has 28 heavy (non-hydrogen) atoms. The number of nitrogens with zero attached hydrogens (tertiary/aromatic N) is 1. The fraction of sp³-hybridized carbons (Fsp3) is 0.263. The number of nitro groups is 1. The van der Waals surface area contributed by atoms with Crippen LogP contribution in [-0.2, 0) is 22.4 Å². The molecule has 8 nitrogen and oxygen atoms in total. The van der Waals surface area contributed by atoms with E-state index in [-0.39, 0.29) is 12.1 Å². The lowest BCUT2D eigenvalue weighted by atomic mass is 9.89. The number of rotatable bonds is 5. The average molecular weight is 400 g/mol. The van der Waals surface area contributed by atoms with Crippen LogP contribution in [0.1, 0.15) is 18.1 Å². The van der Waals surface area contributed by atoms with Gasteiger partial charge in [-0.25, -0.2) is 0 Å². The van der Waals surface area contributed by atoms with Gasteiger partial charge < -0.3 is 16.4 Å². The van der Waals surface area contributed by atoms with Gasteiger partial charge in [-0.05, 0) is 41.7 Å². The number of nitro benzene ring substituents is 1. The van der Waals surface area contributed by atoms with Crippen molar-refractivity contribution in [3.8, 4) is 11.1 Å². The molecule has 1 aliphatic heterocycles. The number of aryl methyl sites for hydroxylation is 1. The molecule has 146 valence electrons. The van der Waals surface area contributed by atoms with Crippen LogP contribution in [-0.4, -0.2) is 22.2 Å². The monoisotopic (exact) mass is 400 g/mol. The molecule has 1 aliphatic rings. The van der Waals surface area contributed by atoms with Crippen molar-refractivity contribution < 1.29 is 14.5 Å². The zero-order chi connectivity index (χ0) is 20.4. The highest BCUT2D eigenvalue weighted by atomic mass is 32.1. The summed E-state index contributed by atoms with van der Waals surface area (Å²) in [6, 6.07) is 9.88. The topological polar surface area (TPSA) is 127 Å². The number of nitrogens with one attached hydrogen (secondary N) is 2. The van der Waals surface area contributed by atoms with Crippen LogP contribution in [0.2, 0.25) is 0 Å². The van der Waals surface area contributed by atoms with Crippen LogP contribution in [0.5, 0.6) is 0 Å². The highest BCUT2D eigenvalue weighted by Gasteiger charge is 2.34. The molecule has 0 atom stereocenters. The third-order valence-electron chi connectivity index (χ3n) is 4.74. The van der Waals surface area contributed by atoms with Gasteiger partial charge in [0, 0.05) is 23.4 Å². The number of non-ortho nitro benzene ring substituents is 1. The minimum atomic E-state index is -0.959. The maximum absolute atomic E-state index is 12.3. The molecule has 2 aromatic carbocycles. The van der Waals surface area contributed by atoms with E-state index in [1.54, 1.807) is 12.1 Å². The second kappa shape index (κ2) is 7.89. The molecule has 0 spiro atoms. The van der Waals surface area contributed by atoms with Crippen LogP contribution < -0.4 is 16.4 Å². The Hall–Kier alpha value is -3.07. The van der Waals surface area contributed by atoms with Gasteiger partial charge in [0.05, 0.1) is 4.92 Å². The van der Waals surface area contributed by atoms with Gasteiger partial charge in [-0.15, -0.1) is 12.6 Å². The van der Waals surface area contributed by atoms with Crippen molar-refractivity contribution in [1.82, 2.24) is 10.6 Å². The average Bonchev–Trinajstić information content (AvgIpc) is 2.65. The molecule has 2 aromatic rings. The molecule has 1 saturated heterocycles. The van der Waals surface area contributed by atoms with Gasteiger partial charge in [0.1, 0.15) is 11.4 Å². The van der Waals surface area contributed by atoms with Crippen molar-refractivity contribution in [3.63, 3.8) is 0 Å². The van der Waals surface area contributed by atoms with E-state index in [0.29, 0.717) is 22.4 Å².